The normalized spacial score (nSPS) is 11.0. The summed E-state index contributed by atoms with van der Waals surface area (Å²) in [6.45, 7) is 9.46. The van der Waals surface area contributed by atoms with E-state index in [9.17, 15) is 0 Å². The van der Waals surface area contributed by atoms with E-state index >= 15 is 0 Å². The molecular formula is C16H41AuCl2N. The third-order valence-electron chi connectivity index (χ3n) is 3.12. The van der Waals surface area contributed by atoms with Crippen LogP contribution >= 0.6 is 24.8 Å². The summed E-state index contributed by atoms with van der Waals surface area (Å²) in [5, 5.41) is 0. The Hall–Kier alpha value is 1.28. The summed E-state index contributed by atoms with van der Waals surface area (Å²) in [6, 6.07) is 0. The maximum absolute atomic E-state index is 2.37. The van der Waals surface area contributed by atoms with Crippen molar-refractivity contribution in [2.45, 2.75) is 97.6 Å². The van der Waals surface area contributed by atoms with Crippen LogP contribution in [0.4, 0.5) is 0 Å². The Labute approximate surface area is 145 Å². The summed E-state index contributed by atoms with van der Waals surface area (Å²) in [5.74, 6) is 0. The third-order valence-corrected chi connectivity index (χ3v) is 15.4. The minimum atomic E-state index is -1.28. The average Bonchev–Trinajstić information content (AvgIpc) is 2.37. The van der Waals surface area contributed by atoms with Crippen LogP contribution in [0.1, 0.15) is 79.1 Å². The van der Waals surface area contributed by atoms with Crippen LogP contribution < -0.4 is 6.15 Å². The zero-order chi connectivity index (χ0) is 13.0. The van der Waals surface area contributed by atoms with Crippen molar-refractivity contribution >= 4 is 24.8 Å². The maximum atomic E-state index is 2.37. The van der Waals surface area contributed by atoms with Crippen molar-refractivity contribution in [3.8, 4) is 0 Å². The van der Waals surface area contributed by atoms with Crippen molar-refractivity contribution in [3.63, 3.8) is 0 Å². The molecule has 0 saturated carbocycles. The fraction of sp³-hybridized carbons (Fsp3) is 1.00. The van der Waals surface area contributed by atoms with E-state index in [1.54, 1.807) is 18.6 Å². The number of rotatable bonds is 12. The first-order valence-electron chi connectivity index (χ1n) is 7.68. The SMILES string of the molecule is CCC[CH2][Au]([CH2]CCC)([CH2]CCC)[CH2]CCC.Cl.Cl.N. The van der Waals surface area contributed by atoms with E-state index < -0.39 is 17.1 Å². The molecule has 0 saturated heterocycles. The molecule has 0 radical (unpaired) electrons. The van der Waals surface area contributed by atoms with Gasteiger partial charge in [0.15, 0.2) is 0 Å². The molecule has 0 rings (SSSR count). The number of hydrogen-bond acceptors (Lipinski definition) is 1. The van der Waals surface area contributed by atoms with Crippen molar-refractivity contribution in [1.82, 2.24) is 6.15 Å². The van der Waals surface area contributed by atoms with Crippen LogP contribution in [0.3, 0.4) is 0 Å². The van der Waals surface area contributed by atoms with Crippen molar-refractivity contribution in [3.05, 3.63) is 0 Å². The van der Waals surface area contributed by atoms with Gasteiger partial charge in [0.05, 0.1) is 0 Å². The van der Waals surface area contributed by atoms with Gasteiger partial charge in [-0.2, -0.15) is 0 Å². The van der Waals surface area contributed by atoms with E-state index in [0.29, 0.717) is 0 Å². The van der Waals surface area contributed by atoms with Crippen molar-refractivity contribution in [2.75, 3.05) is 0 Å². The van der Waals surface area contributed by atoms with E-state index in [4.69, 9.17) is 0 Å². The van der Waals surface area contributed by atoms with Gasteiger partial charge in [-0.1, -0.05) is 0 Å². The van der Waals surface area contributed by atoms with Gasteiger partial charge in [-0.25, -0.2) is 0 Å². The zero-order valence-corrected chi connectivity index (χ0v) is 18.1. The smallest absolute Gasteiger partial charge is 0.147 e. The quantitative estimate of drug-likeness (QED) is 0.263. The fourth-order valence-electron chi connectivity index (χ4n) is 1.78. The maximum Gasteiger partial charge on any atom is -0.147 e. The predicted octanol–water partition coefficient (Wildman–Crippen LogP) is 8.02. The summed E-state index contributed by atoms with van der Waals surface area (Å²) in [7, 11) is 0. The van der Waals surface area contributed by atoms with Crippen molar-refractivity contribution in [2.24, 2.45) is 0 Å². The molecule has 0 fully saturated rings. The minimum absolute atomic E-state index is 0. The van der Waals surface area contributed by atoms with Gasteiger partial charge in [0.25, 0.3) is 0 Å². The molecule has 20 heavy (non-hydrogen) atoms. The van der Waals surface area contributed by atoms with E-state index in [1.165, 1.54) is 51.4 Å². The monoisotopic (exact) mass is 514 g/mol. The molecular weight excluding hydrogens is 474 g/mol. The van der Waals surface area contributed by atoms with Gasteiger partial charge in [-0.3, -0.25) is 0 Å². The van der Waals surface area contributed by atoms with Gasteiger partial charge in [0.2, 0.25) is 0 Å². The molecule has 0 aliphatic heterocycles. The molecule has 0 aliphatic carbocycles. The van der Waals surface area contributed by atoms with Crippen LogP contribution in [0.5, 0.6) is 0 Å². The Balaban J connectivity index is -0.000000427. The van der Waals surface area contributed by atoms with Gasteiger partial charge in [0, 0.05) is 0 Å². The van der Waals surface area contributed by atoms with E-state index in [1.807, 2.05) is 0 Å². The average molecular weight is 515 g/mol. The minimum Gasteiger partial charge on any atom is -0.344 e. The van der Waals surface area contributed by atoms with E-state index in [2.05, 4.69) is 27.7 Å². The molecule has 0 aromatic heterocycles. The van der Waals surface area contributed by atoms with Crippen LogP contribution in [-0.4, -0.2) is 0 Å². The molecule has 0 heterocycles. The molecule has 0 spiro atoms. The van der Waals surface area contributed by atoms with Crippen LogP contribution in [0.25, 0.3) is 0 Å². The molecule has 0 aliphatic rings. The molecule has 3 N–H and O–H groups in total. The van der Waals surface area contributed by atoms with Crippen molar-refractivity contribution in [1.29, 1.82) is 0 Å². The third kappa shape index (κ3) is 14.2. The van der Waals surface area contributed by atoms with Gasteiger partial charge in [-0.05, 0) is 0 Å². The number of unbranched alkanes of at least 4 members (excludes halogenated alkanes) is 4. The summed E-state index contributed by atoms with van der Waals surface area (Å²) in [6.07, 6.45) is 11.7. The largest absolute Gasteiger partial charge is 0.344 e. The second-order valence-corrected chi connectivity index (χ2v) is 15.8. The summed E-state index contributed by atoms with van der Waals surface area (Å²) in [4.78, 5) is 0. The summed E-state index contributed by atoms with van der Waals surface area (Å²) < 4.78 is 6.65. The van der Waals surface area contributed by atoms with Gasteiger partial charge < -0.3 is 6.15 Å². The molecule has 4 heteroatoms. The number of halogens is 2. The van der Waals surface area contributed by atoms with Gasteiger partial charge >= 0.3 is 115 Å². The summed E-state index contributed by atoms with van der Waals surface area (Å²) in [5.41, 5.74) is 0. The van der Waals surface area contributed by atoms with E-state index in [0.717, 1.165) is 0 Å². The fourth-order valence-corrected chi connectivity index (χ4v) is 14.6. The Morgan fingerprint density at radius 1 is 0.500 bits per heavy atom. The van der Waals surface area contributed by atoms with Crippen LogP contribution in [-0.2, 0) is 17.1 Å². The first kappa shape index (κ1) is 29.3. The molecule has 0 atom stereocenters. The molecule has 0 aromatic rings. The predicted molar refractivity (Wildman–Crippen MR) is 98.4 cm³/mol. The second-order valence-electron chi connectivity index (χ2n) is 4.92. The van der Waals surface area contributed by atoms with Crippen molar-refractivity contribution < 1.29 is 17.1 Å². The Morgan fingerprint density at radius 2 is 0.700 bits per heavy atom. The van der Waals surface area contributed by atoms with Crippen LogP contribution in [0.2, 0.25) is 18.6 Å². The number of hydrogen-bond donors (Lipinski definition) is 1. The topological polar surface area (TPSA) is 35.0 Å². The summed E-state index contributed by atoms with van der Waals surface area (Å²) >= 11 is -1.28. The van der Waals surface area contributed by atoms with Gasteiger partial charge in [-0.15, -0.1) is 24.8 Å². The standard InChI is InChI=1S/4C4H9.Au.2ClH.H3N/c4*1-3-4-2;;;;/h4*1,3-4H2,2H3;;2*1H;1H3. The first-order chi connectivity index (χ1) is 8.24. The molecule has 0 unspecified atom stereocenters. The van der Waals surface area contributed by atoms with E-state index in [-0.39, 0.29) is 31.0 Å². The molecule has 0 bridgehead atoms. The van der Waals surface area contributed by atoms with Gasteiger partial charge in [0.1, 0.15) is 0 Å². The first-order valence-corrected chi connectivity index (χ1v) is 13.8. The molecule has 135 valence electrons. The molecule has 0 amide bonds. The Morgan fingerprint density at radius 3 is 0.850 bits per heavy atom. The Bertz CT molecular complexity index is 131. The van der Waals surface area contributed by atoms with Crippen LogP contribution in [0.15, 0.2) is 0 Å². The molecule has 1 nitrogen and oxygen atoms in total. The second kappa shape index (κ2) is 20.3. The zero-order valence-electron chi connectivity index (χ0n) is 14.3. The Kier molecular flexibility index (Phi) is 29.7. The molecule has 0 aromatic carbocycles. The van der Waals surface area contributed by atoms with Crippen LogP contribution in [0, 0.1) is 0 Å².